The normalized spacial score (nSPS) is 30.2. The van der Waals surface area contributed by atoms with Crippen molar-refractivity contribution in [1.29, 1.82) is 0 Å². The Bertz CT molecular complexity index is 313. The van der Waals surface area contributed by atoms with Crippen molar-refractivity contribution in [2.24, 2.45) is 11.7 Å². The minimum absolute atomic E-state index is 0.245. The molecule has 1 aliphatic carbocycles. The average molecular weight is 281 g/mol. The van der Waals surface area contributed by atoms with Crippen LogP contribution in [0.5, 0.6) is 0 Å². The van der Waals surface area contributed by atoms with E-state index in [2.05, 4.69) is 23.6 Å². The van der Waals surface area contributed by atoms with Crippen LogP contribution in [0.15, 0.2) is 0 Å². The van der Waals surface area contributed by atoms with Crippen LogP contribution in [0.3, 0.4) is 0 Å². The van der Waals surface area contributed by atoms with E-state index in [0.717, 1.165) is 39.0 Å². The fraction of sp³-hybridized carbons (Fsp3) is 0.938. The highest BCUT2D eigenvalue weighted by atomic mass is 16.2. The molecule has 116 valence electrons. The smallest absolute Gasteiger partial charge is 0.222 e. The molecular weight excluding hydrogens is 250 g/mol. The van der Waals surface area contributed by atoms with Crippen LogP contribution in [0.25, 0.3) is 0 Å². The van der Waals surface area contributed by atoms with E-state index in [1.165, 1.54) is 19.3 Å². The van der Waals surface area contributed by atoms with Gasteiger partial charge < -0.3 is 10.6 Å². The third-order valence-corrected chi connectivity index (χ3v) is 5.29. The first-order valence-electron chi connectivity index (χ1n) is 8.39. The molecule has 0 spiro atoms. The lowest BCUT2D eigenvalue weighted by molar-refractivity contribution is -0.134. The zero-order valence-electron chi connectivity index (χ0n) is 13.2. The molecule has 0 bridgehead atoms. The molecule has 0 aromatic rings. The number of amides is 1. The van der Waals surface area contributed by atoms with Gasteiger partial charge in [-0.05, 0) is 32.1 Å². The molecule has 1 amide bonds. The molecule has 3 atom stereocenters. The standard InChI is InChI=1S/C16H31N3O/c1-3-13(2)18-8-10-19(11-9-18)16(20)12-14-6-4-5-7-15(14)17/h13-15H,3-12,17H2,1-2H3. The van der Waals surface area contributed by atoms with Crippen molar-refractivity contribution in [3.8, 4) is 0 Å². The van der Waals surface area contributed by atoms with E-state index < -0.39 is 0 Å². The average Bonchev–Trinajstić information content (AvgIpc) is 2.49. The highest BCUT2D eigenvalue weighted by Gasteiger charge is 2.28. The lowest BCUT2D eigenvalue weighted by atomic mass is 9.82. The molecule has 4 heteroatoms. The number of hydrogen-bond donors (Lipinski definition) is 1. The van der Waals surface area contributed by atoms with Crippen LogP contribution in [0.1, 0.15) is 52.4 Å². The molecule has 2 aliphatic rings. The first kappa shape index (κ1) is 15.8. The largest absolute Gasteiger partial charge is 0.340 e. The molecule has 1 heterocycles. The molecular formula is C16H31N3O. The third-order valence-electron chi connectivity index (χ3n) is 5.29. The van der Waals surface area contributed by atoms with Gasteiger partial charge in [0.05, 0.1) is 0 Å². The van der Waals surface area contributed by atoms with Gasteiger partial charge in [0.15, 0.2) is 0 Å². The van der Waals surface area contributed by atoms with Gasteiger partial charge in [-0.3, -0.25) is 9.69 Å². The van der Waals surface area contributed by atoms with Gasteiger partial charge in [-0.1, -0.05) is 19.8 Å². The van der Waals surface area contributed by atoms with Gasteiger partial charge in [0.2, 0.25) is 5.91 Å². The van der Waals surface area contributed by atoms with Crippen LogP contribution in [-0.2, 0) is 4.79 Å². The van der Waals surface area contributed by atoms with Crippen LogP contribution in [-0.4, -0.2) is 54.0 Å². The summed E-state index contributed by atoms with van der Waals surface area (Å²) in [4.78, 5) is 17.0. The maximum absolute atomic E-state index is 12.4. The van der Waals surface area contributed by atoms with Crippen LogP contribution in [0.2, 0.25) is 0 Å². The summed E-state index contributed by atoms with van der Waals surface area (Å²) in [5, 5.41) is 0. The number of carbonyl (C=O) groups is 1. The second-order valence-electron chi connectivity index (χ2n) is 6.59. The van der Waals surface area contributed by atoms with Crippen molar-refractivity contribution in [3.63, 3.8) is 0 Å². The summed E-state index contributed by atoms with van der Waals surface area (Å²) in [7, 11) is 0. The lowest BCUT2D eigenvalue weighted by Crippen LogP contribution is -2.51. The minimum Gasteiger partial charge on any atom is -0.340 e. The van der Waals surface area contributed by atoms with Crippen molar-refractivity contribution in [2.45, 2.75) is 64.5 Å². The first-order valence-corrected chi connectivity index (χ1v) is 8.39. The van der Waals surface area contributed by atoms with Crippen LogP contribution in [0, 0.1) is 5.92 Å². The molecule has 1 saturated carbocycles. The second kappa shape index (κ2) is 7.41. The van der Waals surface area contributed by atoms with E-state index >= 15 is 0 Å². The van der Waals surface area contributed by atoms with Gasteiger partial charge >= 0.3 is 0 Å². The summed E-state index contributed by atoms with van der Waals surface area (Å²) in [5.74, 6) is 0.750. The number of carbonyl (C=O) groups excluding carboxylic acids is 1. The van der Waals surface area contributed by atoms with Crippen molar-refractivity contribution in [1.82, 2.24) is 9.80 Å². The lowest BCUT2D eigenvalue weighted by Gasteiger charge is -2.39. The van der Waals surface area contributed by atoms with Crippen LogP contribution < -0.4 is 5.73 Å². The molecule has 20 heavy (non-hydrogen) atoms. The van der Waals surface area contributed by atoms with Crippen molar-refractivity contribution >= 4 is 5.91 Å². The second-order valence-corrected chi connectivity index (χ2v) is 6.59. The molecule has 2 rings (SSSR count). The van der Waals surface area contributed by atoms with Gasteiger partial charge in [0.1, 0.15) is 0 Å². The van der Waals surface area contributed by atoms with Crippen molar-refractivity contribution in [2.75, 3.05) is 26.2 Å². The molecule has 1 aliphatic heterocycles. The number of nitrogens with zero attached hydrogens (tertiary/aromatic N) is 2. The van der Waals surface area contributed by atoms with E-state index in [0.29, 0.717) is 24.3 Å². The van der Waals surface area contributed by atoms with E-state index in [1.807, 2.05) is 0 Å². The summed E-state index contributed by atoms with van der Waals surface area (Å²) in [6.07, 6.45) is 6.57. The molecule has 1 saturated heterocycles. The van der Waals surface area contributed by atoms with Crippen molar-refractivity contribution in [3.05, 3.63) is 0 Å². The molecule has 3 unspecified atom stereocenters. The summed E-state index contributed by atoms with van der Waals surface area (Å²) in [6.45, 7) is 8.34. The van der Waals surface area contributed by atoms with Gasteiger partial charge in [-0.15, -0.1) is 0 Å². The Morgan fingerprint density at radius 2 is 1.85 bits per heavy atom. The van der Waals surface area contributed by atoms with Gasteiger partial charge in [0, 0.05) is 44.7 Å². The van der Waals surface area contributed by atoms with Gasteiger partial charge in [-0.2, -0.15) is 0 Å². The predicted octanol–water partition coefficient (Wildman–Crippen LogP) is 1.84. The topological polar surface area (TPSA) is 49.6 Å². The molecule has 2 fully saturated rings. The minimum atomic E-state index is 0.245. The Morgan fingerprint density at radius 1 is 1.20 bits per heavy atom. The van der Waals surface area contributed by atoms with Gasteiger partial charge in [-0.25, -0.2) is 0 Å². The number of rotatable bonds is 4. The molecule has 0 radical (unpaired) electrons. The number of nitrogens with two attached hydrogens (primary N) is 1. The Balaban J connectivity index is 1.77. The molecule has 2 N–H and O–H groups in total. The maximum atomic E-state index is 12.4. The van der Waals surface area contributed by atoms with Gasteiger partial charge in [0.25, 0.3) is 0 Å². The SMILES string of the molecule is CCC(C)N1CCN(C(=O)CC2CCCCC2N)CC1. The Morgan fingerprint density at radius 3 is 2.45 bits per heavy atom. The fourth-order valence-electron chi connectivity index (χ4n) is 3.51. The quantitative estimate of drug-likeness (QED) is 0.855. The highest BCUT2D eigenvalue weighted by molar-refractivity contribution is 5.76. The predicted molar refractivity (Wildman–Crippen MR) is 82.5 cm³/mol. The summed E-state index contributed by atoms with van der Waals surface area (Å²) >= 11 is 0. The molecule has 4 nitrogen and oxygen atoms in total. The fourth-order valence-corrected chi connectivity index (χ4v) is 3.51. The first-order chi connectivity index (χ1) is 9.61. The molecule has 0 aromatic carbocycles. The number of hydrogen-bond acceptors (Lipinski definition) is 3. The monoisotopic (exact) mass is 281 g/mol. The molecule has 0 aromatic heterocycles. The van der Waals surface area contributed by atoms with E-state index in [4.69, 9.17) is 5.73 Å². The van der Waals surface area contributed by atoms with E-state index in [1.54, 1.807) is 0 Å². The maximum Gasteiger partial charge on any atom is 0.222 e. The zero-order chi connectivity index (χ0) is 14.5. The number of piperazine rings is 1. The Hall–Kier alpha value is -0.610. The van der Waals surface area contributed by atoms with E-state index in [-0.39, 0.29) is 6.04 Å². The Labute approximate surface area is 123 Å². The van der Waals surface area contributed by atoms with E-state index in [9.17, 15) is 4.79 Å². The van der Waals surface area contributed by atoms with Crippen LogP contribution >= 0.6 is 0 Å². The summed E-state index contributed by atoms with van der Waals surface area (Å²) in [5.41, 5.74) is 6.16. The third kappa shape index (κ3) is 3.95. The highest BCUT2D eigenvalue weighted by Crippen LogP contribution is 2.26. The summed E-state index contributed by atoms with van der Waals surface area (Å²) < 4.78 is 0. The van der Waals surface area contributed by atoms with Crippen LogP contribution in [0.4, 0.5) is 0 Å². The zero-order valence-corrected chi connectivity index (χ0v) is 13.2. The summed E-state index contributed by atoms with van der Waals surface area (Å²) in [6, 6.07) is 0.883. The Kier molecular flexibility index (Phi) is 5.85. The van der Waals surface area contributed by atoms with Crippen molar-refractivity contribution < 1.29 is 4.79 Å².